The molecule has 6 aliphatic heterocycles. The van der Waals surface area contributed by atoms with Crippen molar-refractivity contribution in [3.05, 3.63) is 40.5 Å². The standard InChI is InChI=1S/C23H28Cl3N7O4.C23H30Cl3N7O2/c1-23(2,3)37-22(34)32-7-10-6-12(32)15(10)27-18-17-16(13(24)14(25)20(26)28-17)29-21(19(18)33(35)36)31-8-11(9-31)30(4)5;1-23(2,3)35-22(34)33-7-10-6-12(33)16(10)28-18-15(27)21(32-8-11(9-32)31(4)5)30-17-13(24)14(25)20(26)29-19(17)18/h10-12,15H,6-9H2,1-5H3,(H,27,29);10-12,16H,6-9,27H2,1-5H3,(H,28,30). The van der Waals surface area contributed by atoms with Gasteiger partial charge in [0.25, 0.3) is 0 Å². The Hall–Kier alpha value is -4.28. The van der Waals surface area contributed by atoms with Crippen molar-refractivity contribution in [1.29, 1.82) is 0 Å². The molecule has 4 aromatic heterocycles. The summed E-state index contributed by atoms with van der Waals surface area (Å²) in [6.45, 7) is 14.9. The molecule has 2 aliphatic carbocycles. The zero-order valence-corrected chi connectivity index (χ0v) is 46.0. The van der Waals surface area contributed by atoms with E-state index in [-0.39, 0.29) is 107 Å². The molecular weight excluding hydrogens is 1060 g/mol. The maximum Gasteiger partial charge on any atom is 0.410 e. The summed E-state index contributed by atoms with van der Waals surface area (Å²) in [5.41, 5.74) is 7.87. The van der Waals surface area contributed by atoms with Crippen LogP contribution in [0.5, 0.6) is 0 Å². The van der Waals surface area contributed by atoms with Crippen LogP contribution in [0.4, 0.5) is 44.0 Å². The highest BCUT2D eigenvalue weighted by atomic mass is 35.5. The second kappa shape index (κ2) is 19.1. The lowest BCUT2D eigenvalue weighted by atomic mass is 9.80. The second-order valence-electron chi connectivity index (χ2n) is 21.9. The predicted octanol–water partition coefficient (Wildman–Crippen LogP) is 9.01. The smallest absolute Gasteiger partial charge is 0.410 e. The Bertz CT molecular complexity index is 2870. The predicted molar refractivity (Wildman–Crippen MR) is 284 cm³/mol. The lowest BCUT2D eigenvalue weighted by molar-refractivity contribution is -0.383. The number of amides is 2. The third-order valence-electron chi connectivity index (χ3n) is 14.3. The van der Waals surface area contributed by atoms with Crippen molar-refractivity contribution in [3.8, 4) is 0 Å². The van der Waals surface area contributed by atoms with Crippen LogP contribution in [-0.2, 0) is 9.47 Å². The number of hydrogen-bond donors (Lipinski definition) is 3. The summed E-state index contributed by atoms with van der Waals surface area (Å²) in [6, 6.07) is 0.249. The molecule has 4 aromatic rings. The Labute approximate surface area is 447 Å². The van der Waals surface area contributed by atoms with Crippen LogP contribution in [0.3, 0.4) is 0 Å². The Morgan fingerprint density at radius 1 is 0.625 bits per heavy atom. The van der Waals surface area contributed by atoms with Crippen LogP contribution in [0.25, 0.3) is 22.1 Å². The first-order chi connectivity index (χ1) is 33.6. The number of pyridine rings is 4. The van der Waals surface area contributed by atoms with E-state index in [1.54, 1.807) is 9.80 Å². The van der Waals surface area contributed by atoms with Crippen molar-refractivity contribution in [2.75, 3.05) is 93.6 Å². The van der Waals surface area contributed by atoms with Crippen LogP contribution in [0.2, 0.25) is 30.4 Å². The molecule has 72 heavy (non-hydrogen) atoms. The fraction of sp³-hybridized carbons (Fsp3) is 0.609. The van der Waals surface area contributed by atoms with Gasteiger partial charge in [0.05, 0.1) is 54.9 Å². The van der Waals surface area contributed by atoms with Gasteiger partial charge in [-0.3, -0.25) is 10.1 Å². The third kappa shape index (κ3) is 9.56. The first-order valence-corrected chi connectivity index (χ1v) is 25.9. The molecular formula is C46H58Cl6N14O6. The van der Waals surface area contributed by atoms with E-state index in [1.807, 2.05) is 60.5 Å². The number of nitrogens with one attached hydrogen (secondary N) is 2. The molecule has 0 aromatic carbocycles. The van der Waals surface area contributed by atoms with E-state index in [4.69, 9.17) is 89.8 Å². The monoisotopic (exact) mass is 1110 g/mol. The SMILES string of the molecule is CN(C)C1CN(c2nc3c(Cl)c(Cl)c(Cl)nc3c(NC3C4CC3N(C(=O)OC(C)(C)C)C4)c2N)C1.CN(C)C1CN(c2nc3c(Cl)c(Cl)c(Cl)nc3c(NC3C4CC3N(C(=O)OC(C)(C)C)C4)c2[N+](=O)[O-])C1. The molecule has 20 nitrogen and oxygen atoms in total. The number of aromatic nitrogens is 4. The summed E-state index contributed by atoms with van der Waals surface area (Å²) in [5, 5.41) is 19.9. The van der Waals surface area contributed by atoms with Crippen molar-refractivity contribution >= 4 is 138 Å². The third-order valence-corrected chi connectivity index (χ3v) is 16.7. The van der Waals surface area contributed by atoms with Crippen LogP contribution in [0.1, 0.15) is 54.4 Å². The van der Waals surface area contributed by atoms with E-state index in [0.29, 0.717) is 60.4 Å². The van der Waals surface area contributed by atoms with Gasteiger partial charge in [-0.1, -0.05) is 69.6 Å². The lowest BCUT2D eigenvalue weighted by Gasteiger charge is -2.44. The molecule has 0 spiro atoms. The molecule has 6 unspecified atom stereocenters. The molecule has 10 heterocycles. The Morgan fingerprint density at radius 3 is 1.42 bits per heavy atom. The number of fused-ring (bicyclic) bond motifs is 4. The highest BCUT2D eigenvalue weighted by Crippen LogP contribution is 2.51. The van der Waals surface area contributed by atoms with Gasteiger partial charge >= 0.3 is 17.9 Å². The lowest BCUT2D eigenvalue weighted by Crippen LogP contribution is -2.58. The molecule has 26 heteroatoms. The van der Waals surface area contributed by atoms with Crippen LogP contribution in [0.15, 0.2) is 0 Å². The van der Waals surface area contributed by atoms with Crippen LogP contribution < -0.4 is 26.2 Å². The fourth-order valence-corrected chi connectivity index (χ4v) is 11.4. The molecule has 2 amide bonds. The van der Waals surface area contributed by atoms with Crippen molar-refractivity contribution in [2.45, 2.75) is 102 Å². The van der Waals surface area contributed by atoms with Gasteiger partial charge in [-0.15, -0.1) is 0 Å². The Balaban J connectivity index is 0.000000178. The summed E-state index contributed by atoms with van der Waals surface area (Å²) < 4.78 is 11.2. The summed E-state index contributed by atoms with van der Waals surface area (Å²) in [5.74, 6) is 1.20. The Morgan fingerprint density at radius 2 is 1.01 bits per heavy atom. The summed E-state index contributed by atoms with van der Waals surface area (Å²) in [6.07, 6.45) is 0.987. The fourth-order valence-electron chi connectivity index (χ4n) is 10.2. The first kappa shape index (κ1) is 52.6. The number of likely N-dealkylation sites (N-methyl/N-ethyl adjacent to an activating group) is 2. The number of rotatable bonds is 9. The van der Waals surface area contributed by atoms with E-state index in [1.165, 1.54) is 0 Å². The molecule has 4 N–H and O–H groups in total. The minimum absolute atomic E-state index is 0.00119. The zero-order valence-electron chi connectivity index (χ0n) is 41.5. The number of nitrogens with zero attached hydrogens (tertiary/aromatic N) is 11. The number of hydrogen-bond acceptors (Lipinski definition) is 17. The van der Waals surface area contributed by atoms with Crippen LogP contribution in [-0.4, -0.2) is 172 Å². The van der Waals surface area contributed by atoms with Gasteiger partial charge in [-0.25, -0.2) is 29.5 Å². The summed E-state index contributed by atoms with van der Waals surface area (Å²) in [7, 11) is 8.03. The van der Waals surface area contributed by atoms with Gasteiger partial charge in [0, 0.05) is 63.2 Å². The normalized spacial score (nSPS) is 23.7. The highest BCUT2D eigenvalue weighted by molar-refractivity contribution is 6.50. The second-order valence-corrected chi connectivity index (χ2v) is 24.1. The maximum atomic E-state index is 12.8. The number of halogens is 6. The summed E-state index contributed by atoms with van der Waals surface area (Å²) in [4.78, 5) is 67.3. The minimum Gasteiger partial charge on any atom is -0.444 e. The molecule has 4 bridgehead atoms. The number of nitrogen functional groups attached to an aromatic ring is 1. The number of carbonyl (C=O) groups is 2. The number of nitro groups is 1. The molecule has 2 saturated carbocycles. The molecule has 6 atom stereocenters. The average molecular weight is 1120 g/mol. The van der Waals surface area contributed by atoms with Gasteiger partial charge < -0.3 is 55.2 Å². The van der Waals surface area contributed by atoms with Crippen molar-refractivity contribution in [3.63, 3.8) is 0 Å². The molecule has 0 radical (unpaired) electrons. The van der Waals surface area contributed by atoms with Crippen LogP contribution >= 0.6 is 69.6 Å². The summed E-state index contributed by atoms with van der Waals surface area (Å²) >= 11 is 38.2. The number of anilines is 5. The van der Waals surface area contributed by atoms with Gasteiger partial charge in [0.15, 0.2) is 5.82 Å². The Kier molecular flexibility index (Phi) is 14.0. The first-order valence-electron chi connectivity index (χ1n) is 23.6. The van der Waals surface area contributed by atoms with Crippen molar-refractivity contribution < 1.29 is 24.0 Å². The molecule has 6 saturated heterocycles. The van der Waals surface area contributed by atoms with E-state index in [0.717, 1.165) is 25.9 Å². The zero-order chi connectivity index (χ0) is 52.4. The maximum absolute atomic E-state index is 12.8. The van der Waals surface area contributed by atoms with Gasteiger partial charge in [0.2, 0.25) is 5.82 Å². The molecule has 8 aliphatic rings. The van der Waals surface area contributed by atoms with Crippen molar-refractivity contribution in [2.24, 2.45) is 11.8 Å². The number of ether oxygens (including phenoxy) is 2. The van der Waals surface area contributed by atoms with Crippen molar-refractivity contribution in [1.82, 2.24) is 39.5 Å². The molecule has 8 fully saturated rings. The van der Waals surface area contributed by atoms with Gasteiger partial charge in [0.1, 0.15) is 54.9 Å². The quantitative estimate of drug-likeness (QED) is 0.0809. The highest BCUT2D eigenvalue weighted by Gasteiger charge is 2.57. The minimum atomic E-state index is -0.625. The number of nitrogens with two attached hydrogens (primary N) is 1. The molecule has 390 valence electrons. The van der Waals surface area contributed by atoms with E-state index in [9.17, 15) is 19.7 Å². The number of carbonyl (C=O) groups excluding carboxylic acids is 2. The molecule has 12 rings (SSSR count). The van der Waals surface area contributed by atoms with Crippen LogP contribution in [0, 0.1) is 22.0 Å². The van der Waals surface area contributed by atoms with E-state index >= 15 is 0 Å². The topological polar surface area (TPSA) is 217 Å². The largest absolute Gasteiger partial charge is 0.444 e. The van der Waals surface area contributed by atoms with Gasteiger partial charge in [-0.2, -0.15) is 0 Å². The average Bonchev–Trinajstić information content (AvgIpc) is 4.03. The van der Waals surface area contributed by atoms with E-state index < -0.39 is 22.2 Å². The van der Waals surface area contributed by atoms with E-state index in [2.05, 4.69) is 54.4 Å². The van der Waals surface area contributed by atoms with Gasteiger partial charge in [-0.05, 0) is 82.6 Å².